The number of rotatable bonds is 3. The summed E-state index contributed by atoms with van der Waals surface area (Å²) in [5, 5.41) is 6.51. The molecule has 0 amide bonds. The molecule has 0 unspecified atom stereocenters. The first-order valence-corrected chi connectivity index (χ1v) is 5.92. The van der Waals surface area contributed by atoms with Gasteiger partial charge in [-0.25, -0.2) is 4.98 Å². The van der Waals surface area contributed by atoms with Crippen LogP contribution in [0.4, 0.5) is 5.13 Å². The van der Waals surface area contributed by atoms with E-state index < -0.39 is 0 Å². The highest BCUT2D eigenvalue weighted by Gasteiger charge is 2.36. The molecule has 72 valence electrons. The van der Waals surface area contributed by atoms with Crippen LogP contribution in [0, 0.1) is 6.92 Å². The summed E-state index contributed by atoms with van der Waals surface area (Å²) in [6.07, 6.45) is 3.63. The summed E-state index contributed by atoms with van der Waals surface area (Å²) in [5.41, 5.74) is 1.22. The first-order valence-electron chi connectivity index (χ1n) is 4.50. The Balaban J connectivity index is 2.04. The van der Waals surface area contributed by atoms with E-state index in [4.69, 9.17) is 11.6 Å². The Morgan fingerprint density at radius 2 is 2.46 bits per heavy atom. The molecule has 0 radical (unpaired) electrons. The van der Waals surface area contributed by atoms with Gasteiger partial charge in [-0.2, -0.15) is 0 Å². The van der Waals surface area contributed by atoms with Crippen LogP contribution in [0.5, 0.6) is 0 Å². The van der Waals surface area contributed by atoms with E-state index in [2.05, 4.69) is 15.7 Å². The lowest BCUT2D eigenvalue weighted by Gasteiger charge is -2.40. The van der Waals surface area contributed by atoms with Gasteiger partial charge in [-0.05, 0) is 26.2 Å². The molecule has 0 atom stereocenters. The molecule has 2 nitrogen and oxygen atoms in total. The summed E-state index contributed by atoms with van der Waals surface area (Å²) in [7, 11) is 0. The Labute approximate surface area is 87.3 Å². The Hall–Kier alpha value is -0.280. The van der Waals surface area contributed by atoms with Gasteiger partial charge in [0.2, 0.25) is 0 Å². The molecule has 1 aromatic heterocycles. The maximum absolute atomic E-state index is 5.93. The van der Waals surface area contributed by atoms with Gasteiger partial charge in [-0.15, -0.1) is 22.9 Å². The lowest BCUT2D eigenvalue weighted by Crippen LogP contribution is -2.46. The number of aromatic nitrogens is 1. The van der Waals surface area contributed by atoms with Gasteiger partial charge in [0.1, 0.15) is 0 Å². The maximum Gasteiger partial charge on any atom is 0.183 e. The molecular weight excluding hydrogens is 204 g/mol. The third-order valence-corrected chi connectivity index (χ3v) is 3.94. The molecule has 0 bridgehead atoms. The standard InChI is InChI=1S/C9H13ClN2S/c1-7-5-13-8(11-7)12-9(6-10)3-2-4-9/h5H,2-4,6H2,1H3,(H,11,12). The Kier molecular flexibility index (Phi) is 2.47. The van der Waals surface area contributed by atoms with E-state index in [0.717, 1.165) is 10.8 Å². The quantitative estimate of drug-likeness (QED) is 0.786. The van der Waals surface area contributed by atoms with Gasteiger partial charge in [0.25, 0.3) is 0 Å². The highest BCUT2D eigenvalue weighted by atomic mass is 35.5. The molecule has 1 aliphatic carbocycles. The predicted octanol–water partition coefficient (Wildman–Crippen LogP) is 3.02. The fourth-order valence-electron chi connectivity index (χ4n) is 1.53. The summed E-state index contributed by atoms with van der Waals surface area (Å²) in [5.74, 6) is 0.686. The average Bonchev–Trinajstić information content (AvgIpc) is 2.44. The van der Waals surface area contributed by atoms with Gasteiger partial charge >= 0.3 is 0 Å². The zero-order valence-corrected chi connectivity index (χ0v) is 9.21. The number of aryl methyl sites for hydroxylation is 1. The zero-order valence-electron chi connectivity index (χ0n) is 7.64. The molecular formula is C9H13ClN2S. The molecule has 1 N–H and O–H groups in total. The maximum atomic E-state index is 5.93. The topological polar surface area (TPSA) is 24.9 Å². The molecule has 4 heteroatoms. The van der Waals surface area contributed by atoms with E-state index in [0.29, 0.717) is 5.88 Å². The van der Waals surface area contributed by atoms with Crippen molar-refractivity contribution in [3.05, 3.63) is 11.1 Å². The van der Waals surface area contributed by atoms with E-state index in [1.807, 2.05) is 6.92 Å². The molecule has 1 aromatic rings. The molecule has 0 saturated heterocycles. The lowest BCUT2D eigenvalue weighted by atomic mass is 9.78. The molecule has 2 rings (SSSR count). The van der Waals surface area contributed by atoms with Gasteiger partial charge in [-0.3, -0.25) is 0 Å². The third kappa shape index (κ3) is 1.81. The van der Waals surface area contributed by atoms with E-state index in [1.165, 1.54) is 19.3 Å². The summed E-state index contributed by atoms with van der Waals surface area (Å²) in [6.45, 7) is 2.01. The van der Waals surface area contributed by atoms with Crippen molar-refractivity contribution in [3.8, 4) is 0 Å². The van der Waals surface area contributed by atoms with Gasteiger partial charge in [0, 0.05) is 11.3 Å². The van der Waals surface area contributed by atoms with Gasteiger partial charge in [0.05, 0.1) is 11.2 Å². The Morgan fingerprint density at radius 3 is 2.85 bits per heavy atom. The number of thiazole rings is 1. The van der Waals surface area contributed by atoms with Crippen LogP contribution >= 0.6 is 22.9 Å². The van der Waals surface area contributed by atoms with Crippen molar-refractivity contribution >= 4 is 28.1 Å². The van der Waals surface area contributed by atoms with Crippen LogP contribution in [0.15, 0.2) is 5.38 Å². The molecule has 1 heterocycles. The fraction of sp³-hybridized carbons (Fsp3) is 0.667. The molecule has 1 fully saturated rings. The summed E-state index contributed by atoms with van der Waals surface area (Å²) in [4.78, 5) is 4.37. The minimum atomic E-state index is 0.145. The van der Waals surface area contributed by atoms with Crippen LogP contribution < -0.4 is 5.32 Å². The summed E-state index contributed by atoms with van der Waals surface area (Å²) < 4.78 is 0. The first kappa shape index (κ1) is 9.28. The van der Waals surface area contributed by atoms with Crippen LogP contribution in [0.25, 0.3) is 0 Å². The van der Waals surface area contributed by atoms with E-state index in [1.54, 1.807) is 11.3 Å². The van der Waals surface area contributed by atoms with E-state index >= 15 is 0 Å². The zero-order chi connectivity index (χ0) is 9.31. The fourth-order valence-corrected chi connectivity index (χ4v) is 2.67. The molecule has 0 aromatic carbocycles. The first-order chi connectivity index (χ1) is 6.24. The third-order valence-electron chi connectivity index (χ3n) is 2.56. The number of hydrogen-bond acceptors (Lipinski definition) is 3. The molecule has 13 heavy (non-hydrogen) atoms. The van der Waals surface area contributed by atoms with Crippen molar-refractivity contribution in [2.75, 3.05) is 11.2 Å². The van der Waals surface area contributed by atoms with E-state index in [9.17, 15) is 0 Å². The van der Waals surface area contributed by atoms with Crippen molar-refractivity contribution in [2.45, 2.75) is 31.7 Å². The average molecular weight is 217 g/mol. The second-order valence-corrected chi connectivity index (χ2v) is 4.81. The van der Waals surface area contributed by atoms with Crippen molar-refractivity contribution in [1.82, 2.24) is 4.98 Å². The number of alkyl halides is 1. The van der Waals surface area contributed by atoms with Crippen LogP contribution in [0.2, 0.25) is 0 Å². The largest absolute Gasteiger partial charge is 0.355 e. The number of anilines is 1. The second kappa shape index (κ2) is 3.46. The SMILES string of the molecule is Cc1csc(NC2(CCl)CCC2)n1. The molecule has 1 aliphatic rings. The monoisotopic (exact) mass is 216 g/mol. The van der Waals surface area contributed by atoms with Crippen LogP contribution in [-0.4, -0.2) is 16.4 Å². The highest BCUT2D eigenvalue weighted by molar-refractivity contribution is 7.13. The predicted molar refractivity (Wildman–Crippen MR) is 57.8 cm³/mol. The van der Waals surface area contributed by atoms with Crippen molar-refractivity contribution < 1.29 is 0 Å². The molecule has 0 aliphatic heterocycles. The number of halogens is 1. The van der Waals surface area contributed by atoms with Gasteiger partial charge < -0.3 is 5.32 Å². The smallest absolute Gasteiger partial charge is 0.183 e. The second-order valence-electron chi connectivity index (χ2n) is 3.69. The van der Waals surface area contributed by atoms with E-state index in [-0.39, 0.29) is 5.54 Å². The minimum Gasteiger partial charge on any atom is -0.355 e. The van der Waals surface area contributed by atoms with Crippen molar-refractivity contribution in [2.24, 2.45) is 0 Å². The highest BCUT2D eigenvalue weighted by Crippen LogP contribution is 2.36. The number of hydrogen-bond donors (Lipinski definition) is 1. The molecule has 0 spiro atoms. The van der Waals surface area contributed by atoms with Gasteiger partial charge in [-0.1, -0.05) is 0 Å². The summed E-state index contributed by atoms with van der Waals surface area (Å²) >= 11 is 7.59. The van der Waals surface area contributed by atoms with Crippen LogP contribution in [0.1, 0.15) is 25.0 Å². The van der Waals surface area contributed by atoms with Crippen molar-refractivity contribution in [1.29, 1.82) is 0 Å². The normalized spacial score (nSPS) is 19.5. The lowest BCUT2D eigenvalue weighted by molar-refractivity contribution is 0.311. The van der Waals surface area contributed by atoms with Crippen LogP contribution in [-0.2, 0) is 0 Å². The van der Waals surface area contributed by atoms with Gasteiger partial charge in [0.15, 0.2) is 5.13 Å². The molecule has 1 saturated carbocycles. The number of nitrogens with one attached hydrogen (secondary N) is 1. The Morgan fingerprint density at radius 1 is 1.69 bits per heavy atom. The van der Waals surface area contributed by atoms with Crippen LogP contribution in [0.3, 0.4) is 0 Å². The van der Waals surface area contributed by atoms with Crippen molar-refractivity contribution in [3.63, 3.8) is 0 Å². The Bertz CT molecular complexity index is 288. The summed E-state index contributed by atoms with van der Waals surface area (Å²) in [6, 6.07) is 0. The minimum absolute atomic E-state index is 0.145. The number of nitrogens with zero attached hydrogens (tertiary/aromatic N) is 1.